The zero-order valence-corrected chi connectivity index (χ0v) is 12.3. The molecule has 0 saturated heterocycles. The highest BCUT2D eigenvalue weighted by Crippen LogP contribution is 2.29. The van der Waals surface area contributed by atoms with Crippen molar-refractivity contribution in [1.29, 1.82) is 0 Å². The maximum absolute atomic E-state index is 6.08. The van der Waals surface area contributed by atoms with E-state index in [-0.39, 0.29) is 6.04 Å². The third kappa shape index (κ3) is 3.97. The normalized spacial score (nSPS) is 25.0. The average molecular weight is 261 g/mol. The van der Waals surface area contributed by atoms with Gasteiger partial charge in [-0.2, -0.15) is 0 Å². The zero-order chi connectivity index (χ0) is 13.7. The molecule has 1 aliphatic carbocycles. The van der Waals surface area contributed by atoms with Crippen molar-refractivity contribution in [2.24, 2.45) is 11.7 Å². The van der Waals surface area contributed by atoms with Gasteiger partial charge in [-0.3, -0.25) is 0 Å². The van der Waals surface area contributed by atoms with Gasteiger partial charge in [0.1, 0.15) is 5.75 Å². The van der Waals surface area contributed by atoms with Crippen LogP contribution in [0.2, 0.25) is 0 Å². The maximum Gasteiger partial charge on any atom is 0.119 e. The van der Waals surface area contributed by atoms with Crippen LogP contribution in [0.3, 0.4) is 0 Å². The fraction of sp³-hybridized carbons (Fsp3) is 0.647. The van der Waals surface area contributed by atoms with Crippen LogP contribution in [0.15, 0.2) is 24.3 Å². The summed E-state index contributed by atoms with van der Waals surface area (Å²) in [5.41, 5.74) is 7.22. The van der Waals surface area contributed by atoms with Gasteiger partial charge >= 0.3 is 0 Å². The van der Waals surface area contributed by atoms with E-state index in [1.54, 1.807) is 0 Å². The number of nitrogens with two attached hydrogens (primary N) is 1. The molecule has 2 nitrogen and oxygen atoms in total. The van der Waals surface area contributed by atoms with Crippen LogP contribution in [0.4, 0.5) is 0 Å². The van der Waals surface area contributed by atoms with Crippen LogP contribution in [0.25, 0.3) is 0 Å². The predicted octanol–water partition coefficient (Wildman–Crippen LogP) is 4.44. The maximum atomic E-state index is 6.08. The van der Waals surface area contributed by atoms with E-state index in [2.05, 4.69) is 38.1 Å². The molecule has 2 heteroatoms. The summed E-state index contributed by atoms with van der Waals surface area (Å²) in [5, 5.41) is 0. The van der Waals surface area contributed by atoms with E-state index in [4.69, 9.17) is 10.5 Å². The third-order valence-corrected chi connectivity index (χ3v) is 4.42. The summed E-state index contributed by atoms with van der Waals surface area (Å²) in [5.74, 6) is 1.91. The Morgan fingerprint density at radius 1 is 1.11 bits per heavy atom. The highest BCUT2D eigenvalue weighted by Gasteiger charge is 2.21. The molecule has 1 aromatic rings. The van der Waals surface area contributed by atoms with Crippen LogP contribution in [0, 0.1) is 5.92 Å². The van der Waals surface area contributed by atoms with E-state index in [1.165, 1.54) is 37.7 Å². The number of benzene rings is 1. The van der Waals surface area contributed by atoms with Gasteiger partial charge in [0.25, 0.3) is 0 Å². The SMILES string of the molecule is CCC1CCC(Oc2ccc([C@@H](N)CC)cc2)CC1. The molecule has 0 unspecified atom stereocenters. The van der Waals surface area contributed by atoms with Gasteiger partial charge in [0.2, 0.25) is 0 Å². The fourth-order valence-corrected chi connectivity index (χ4v) is 2.88. The van der Waals surface area contributed by atoms with Crippen molar-refractivity contribution >= 4 is 0 Å². The first kappa shape index (κ1) is 14.4. The smallest absolute Gasteiger partial charge is 0.119 e. The standard InChI is InChI=1S/C17H27NO/c1-3-13-5-9-15(10-6-13)19-16-11-7-14(8-12-16)17(18)4-2/h7-8,11-13,15,17H,3-6,9-10,18H2,1-2H3/t13?,15?,17-/m0/s1. The van der Waals surface area contributed by atoms with Gasteiger partial charge in [0.05, 0.1) is 6.10 Å². The zero-order valence-electron chi connectivity index (χ0n) is 12.3. The Bertz CT molecular complexity index is 365. The van der Waals surface area contributed by atoms with E-state index >= 15 is 0 Å². The van der Waals surface area contributed by atoms with Gasteiger partial charge in [-0.25, -0.2) is 0 Å². The molecule has 1 saturated carbocycles. The van der Waals surface area contributed by atoms with Crippen LogP contribution in [0.1, 0.15) is 64.0 Å². The fourth-order valence-electron chi connectivity index (χ4n) is 2.88. The highest BCUT2D eigenvalue weighted by atomic mass is 16.5. The molecule has 0 amide bonds. The summed E-state index contributed by atoms with van der Waals surface area (Å²) in [6.07, 6.45) is 7.74. The minimum atomic E-state index is 0.147. The molecular weight excluding hydrogens is 234 g/mol. The number of rotatable bonds is 5. The summed E-state index contributed by atoms with van der Waals surface area (Å²) < 4.78 is 6.08. The Hall–Kier alpha value is -1.02. The Labute approximate surface area is 117 Å². The van der Waals surface area contributed by atoms with E-state index < -0.39 is 0 Å². The summed E-state index contributed by atoms with van der Waals surface area (Å²) >= 11 is 0. The van der Waals surface area contributed by atoms with E-state index in [1.807, 2.05) is 0 Å². The van der Waals surface area contributed by atoms with Crippen LogP contribution in [-0.2, 0) is 0 Å². The number of ether oxygens (including phenoxy) is 1. The lowest BCUT2D eigenvalue weighted by atomic mass is 9.86. The molecule has 0 heterocycles. The van der Waals surface area contributed by atoms with E-state index in [0.29, 0.717) is 6.10 Å². The molecule has 0 aromatic heterocycles. The van der Waals surface area contributed by atoms with Gasteiger partial charge in [-0.1, -0.05) is 32.4 Å². The first-order valence-corrected chi connectivity index (χ1v) is 7.75. The number of hydrogen-bond acceptors (Lipinski definition) is 2. The molecule has 0 aliphatic heterocycles. The second kappa shape index (κ2) is 6.95. The molecule has 0 radical (unpaired) electrons. The van der Waals surface area contributed by atoms with Crippen LogP contribution < -0.4 is 10.5 Å². The molecule has 2 N–H and O–H groups in total. The molecule has 1 aromatic carbocycles. The quantitative estimate of drug-likeness (QED) is 0.850. The largest absolute Gasteiger partial charge is 0.490 e. The molecule has 0 bridgehead atoms. The van der Waals surface area contributed by atoms with Gasteiger partial charge in [-0.15, -0.1) is 0 Å². The molecule has 0 spiro atoms. The third-order valence-electron chi connectivity index (χ3n) is 4.42. The lowest BCUT2D eigenvalue weighted by Crippen LogP contribution is -2.23. The molecular formula is C17H27NO. The summed E-state index contributed by atoms with van der Waals surface area (Å²) in [4.78, 5) is 0. The van der Waals surface area contributed by atoms with Crippen molar-refractivity contribution in [2.45, 2.75) is 64.5 Å². The Morgan fingerprint density at radius 2 is 1.74 bits per heavy atom. The number of hydrogen-bond donors (Lipinski definition) is 1. The van der Waals surface area contributed by atoms with Crippen molar-refractivity contribution < 1.29 is 4.74 Å². The lowest BCUT2D eigenvalue weighted by molar-refractivity contribution is 0.130. The molecule has 1 aliphatic rings. The molecule has 2 rings (SSSR count). The minimum Gasteiger partial charge on any atom is -0.490 e. The van der Waals surface area contributed by atoms with Crippen LogP contribution >= 0.6 is 0 Å². The average Bonchev–Trinajstić information content (AvgIpc) is 2.48. The van der Waals surface area contributed by atoms with Gasteiger partial charge < -0.3 is 10.5 Å². The Kier molecular flexibility index (Phi) is 5.26. The van der Waals surface area contributed by atoms with E-state index in [9.17, 15) is 0 Å². The second-order valence-electron chi connectivity index (χ2n) is 5.75. The van der Waals surface area contributed by atoms with Crippen LogP contribution in [0.5, 0.6) is 5.75 Å². The van der Waals surface area contributed by atoms with Crippen molar-refractivity contribution in [3.63, 3.8) is 0 Å². The Morgan fingerprint density at radius 3 is 2.26 bits per heavy atom. The molecule has 106 valence electrons. The lowest BCUT2D eigenvalue weighted by Gasteiger charge is -2.28. The topological polar surface area (TPSA) is 35.2 Å². The van der Waals surface area contributed by atoms with Gasteiger partial charge in [-0.05, 0) is 55.7 Å². The summed E-state index contributed by atoms with van der Waals surface area (Å²) in [6, 6.07) is 8.48. The second-order valence-corrected chi connectivity index (χ2v) is 5.75. The van der Waals surface area contributed by atoms with Crippen LogP contribution in [-0.4, -0.2) is 6.10 Å². The monoisotopic (exact) mass is 261 g/mol. The predicted molar refractivity (Wildman–Crippen MR) is 80.3 cm³/mol. The molecule has 1 fully saturated rings. The summed E-state index contributed by atoms with van der Waals surface area (Å²) in [7, 11) is 0. The van der Waals surface area contributed by atoms with Crippen molar-refractivity contribution in [2.75, 3.05) is 0 Å². The highest BCUT2D eigenvalue weighted by molar-refractivity contribution is 5.29. The van der Waals surface area contributed by atoms with Gasteiger partial charge in [0, 0.05) is 6.04 Å². The minimum absolute atomic E-state index is 0.147. The van der Waals surface area contributed by atoms with Crippen molar-refractivity contribution in [3.05, 3.63) is 29.8 Å². The first-order valence-electron chi connectivity index (χ1n) is 7.75. The summed E-state index contributed by atoms with van der Waals surface area (Å²) in [6.45, 7) is 4.41. The van der Waals surface area contributed by atoms with E-state index in [0.717, 1.165) is 18.1 Å². The van der Waals surface area contributed by atoms with Gasteiger partial charge in [0.15, 0.2) is 0 Å². The van der Waals surface area contributed by atoms with Crippen molar-refractivity contribution in [1.82, 2.24) is 0 Å². The molecule has 1 atom stereocenters. The van der Waals surface area contributed by atoms with Crippen molar-refractivity contribution in [3.8, 4) is 5.75 Å². The first-order chi connectivity index (χ1) is 9.22. The Balaban J connectivity index is 1.86. The molecule has 19 heavy (non-hydrogen) atoms.